The molecule has 7 rings (SSSR count). The Hall–Kier alpha value is -7.16. The molecule has 3 heterocycles. The van der Waals surface area contributed by atoms with Crippen LogP contribution in [0.4, 0.5) is 21.0 Å². The molecule has 1 aromatic heterocycles. The van der Waals surface area contributed by atoms with Gasteiger partial charge in [0.05, 0.1) is 0 Å². The van der Waals surface area contributed by atoms with Crippen LogP contribution in [0.15, 0.2) is 114 Å². The van der Waals surface area contributed by atoms with E-state index in [9.17, 15) is 33.9 Å². The lowest BCUT2D eigenvalue weighted by atomic mass is 9.97. The van der Waals surface area contributed by atoms with Crippen molar-refractivity contribution in [3.8, 4) is 11.3 Å². The van der Waals surface area contributed by atoms with Crippen molar-refractivity contribution in [3.05, 3.63) is 120 Å². The summed E-state index contributed by atoms with van der Waals surface area (Å²) in [5.74, 6) is -1.03. The van der Waals surface area contributed by atoms with Crippen molar-refractivity contribution >= 4 is 58.2 Å². The molecule has 15 nitrogen and oxygen atoms in total. The molecule has 2 aliphatic heterocycles. The summed E-state index contributed by atoms with van der Waals surface area (Å²) in [4.78, 5) is 85.4. The number of carbonyl (C=O) groups is 6. The number of hydrogen-bond acceptors (Lipinski definition) is 8. The normalized spacial score (nSPS) is 17.3. The maximum atomic E-state index is 14.3. The van der Waals surface area contributed by atoms with E-state index in [-0.39, 0.29) is 11.8 Å². The van der Waals surface area contributed by atoms with Gasteiger partial charge in [-0.05, 0) is 127 Å². The Bertz CT molecular complexity index is 2550. The highest BCUT2D eigenvalue weighted by Gasteiger charge is 2.45. The number of ether oxygens (including phenoxy) is 1. The Labute approximate surface area is 378 Å². The number of nitrogens with one attached hydrogen (secondary N) is 3. The largest absolute Gasteiger partial charge is 0.465 e. The van der Waals surface area contributed by atoms with Crippen molar-refractivity contribution < 1.29 is 43.0 Å². The first-order valence-electron chi connectivity index (χ1n) is 21.9. The summed E-state index contributed by atoms with van der Waals surface area (Å²) < 4.78 is 11.6. The molecule has 0 aliphatic carbocycles. The molecule has 0 bridgehead atoms. The average molecular weight is 885 g/mol. The summed E-state index contributed by atoms with van der Waals surface area (Å²) in [6.07, 6.45) is 0.118. The first-order valence-corrected chi connectivity index (χ1v) is 21.9. The first-order chi connectivity index (χ1) is 30.9. The smallest absolute Gasteiger partial charge is 0.408 e. The summed E-state index contributed by atoms with van der Waals surface area (Å²) in [5, 5.41) is 19.6. The SMILES string of the molecule is CC(C)(C)OC(=O)N[C@@H](C(=O)N1CCC[C@H]1C(=O)Nc1ccc2oc(-c3ccc(NC(=O)[C@@H]4CCCN4C(=O)[C@@H](c4ccccc4)N(C(=O)O)C(C)(C)C)cc3)cc2c1)c1ccccc1. The van der Waals surface area contributed by atoms with Crippen molar-refractivity contribution in [1.82, 2.24) is 20.0 Å². The number of anilines is 2. The molecule has 0 unspecified atom stereocenters. The summed E-state index contributed by atoms with van der Waals surface area (Å²) in [5.41, 5.74) is 1.76. The lowest BCUT2D eigenvalue weighted by molar-refractivity contribution is -0.142. The molecule has 2 saturated heterocycles. The second-order valence-corrected chi connectivity index (χ2v) is 18.4. The summed E-state index contributed by atoms with van der Waals surface area (Å²) in [6.45, 7) is 11.1. The van der Waals surface area contributed by atoms with Gasteiger partial charge in [-0.15, -0.1) is 0 Å². The monoisotopic (exact) mass is 884 g/mol. The fourth-order valence-corrected chi connectivity index (χ4v) is 8.54. The molecule has 0 saturated carbocycles. The zero-order chi connectivity index (χ0) is 46.6. The minimum Gasteiger partial charge on any atom is -0.465 e. The van der Waals surface area contributed by atoms with Crippen LogP contribution in [-0.4, -0.2) is 91.9 Å². The summed E-state index contributed by atoms with van der Waals surface area (Å²) >= 11 is 0. The molecule has 15 heteroatoms. The van der Waals surface area contributed by atoms with Gasteiger partial charge in [0.1, 0.15) is 41.1 Å². The van der Waals surface area contributed by atoms with E-state index in [4.69, 9.17) is 9.15 Å². The third-order valence-electron chi connectivity index (χ3n) is 11.5. The number of nitrogens with zero attached hydrogens (tertiary/aromatic N) is 3. The third kappa shape index (κ3) is 10.6. The highest BCUT2D eigenvalue weighted by Crippen LogP contribution is 2.35. The molecule has 4 aromatic carbocycles. The Kier molecular flexibility index (Phi) is 13.3. The van der Waals surface area contributed by atoms with Crippen molar-refractivity contribution in [2.45, 2.75) is 103 Å². The molecule has 65 heavy (non-hydrogen) atoms. The van der Waals surface area contributed by atoms with Gasteiger partial charge >= 0.3 is 12.2 Å². The standard InChI is InChI=1S/C50H56N6O9/c1-49(2,3)56(48(62)63)42(33-17-11-8-12-18-33)46(60)55-28-14-20-38(55)43(57)51-35-23-21-31(22-24-35)40-30-34-29-36(25-26-39(34)64-40)52-44(58)37-19-13-27-54(37)45(59)41(32-15-9-7-10-16-32)53-47(61)65-50(4,5)6/h7-12,15-18,21-26,29-30,37-38,41-42H,13-14,19-20,27-28H2,1-6H3,(H,51,57)(H,52,58)(H,53,61)(H,62,63)/t37-,38-,41+,42+/m0/s1. The van der Waals surface area contributed by atoms with Crippen molar-refractivity contribution in [2.75, 3.05) is 23.7 Å². The van der Waals surface area contributed by atoms with Gasteiger partial charge in [0.2, 0.25) is 11.8 Å². The maximum Gasteiger partial charge on any atom is 0.408 e. The second-order valence-electron chi connectivity index (χ2n) is 18.4. The number of likely N-dealkylation sites (tertiary alicyclic amines) is 2. The average Bonchev–Trinajstić information content (AvgIpc) is 4.05. The number of carboxylic acid groups (broad SMARTS) is 1. The topological polar surface area (TPSA) is 191 Å². The third-order valence-corrected chi connectivity index (χ3v) is 11.5. The molecule has 0 radical (unpaired) electrons. The highest BCUT2D eigenvalue weighted by molar-refractivity contribution is 6.01. The van der Waals surface area contributed by atoms with E-state index in [0.29, 0.717) is 72.6 Å². The molecule has 2 aliphatic rings. The molecule has 6 amide bonds. The van der Waals surface area contributed by atoms with Crippen LogP contribution in [0, 0.1) is 0 Å². The van der Waals surface area contributed by atoms with E-state index in [1.807, 2.05) is 12.1 Å². The van der Waals surface area contributed by atoms with Gasteiger partial charge in [0.15, 0.2) is 0 Å². The van der Waals surface area contributed by atoms with Crippen LogP contribution in [0.2, 0.25) is 0 Å². The fourth-order valence-electron chi connectivity index (χ4n) is 8.54. The van der Waals surface area contributed by atoms with Gasteiger partial charge < -0.3 is 40.0 Å². The molecule has 0 spiro atoms. The minimum atomic E-state index is -1.23. The van der Waals surface area contributed by atoms with E-state index in [1.54, 1.807) is 139 Å². The number of alkyl carbamates (subject to hydrolysis) is 1. The number of benzene rings is 4. The first kappa shape index (κ1) is 45.9. The van der Waals surface area contributed by atoms with E-state index < -0.39 is 59.3 Å². The summed E-state index contributed by atoms with van der Waals surface area (Å²) in [6, 6.07) is 28.1. The van der Waals surface area contributed by atoms with Crippen molar-refractivity contribution in [3.63, 3.8) is 0 Å². The minimum absolute atomic E-state index is 0.317. The Balaban J connectivity index is 1.01. The van der Waals surface area contributed by atoms with E-state index in [2.05, 4.69) is 16.0 Å². The molecule has 4 atom stereocenters. The molecule has 2 fully saturated rings. The predicted octanol–water partition coefficient (Wildman–Crippen LogP) is 8.74. The van der Waals surface area contributed by atoms with Gasteiger partial charge in [0, 0.05) is 41.0 Å². The van der Waals surface area contributed by atoms with Gasteiger partial charge in [-0.1, -0.05) is 60.7 Å². The van der Waals surface area contributed by atoms with Crippen LogP contribution in [0.1, 0.15) is 90.4 Å². The Morgan fingerprint density at radius 2 is 1.23 bits per heavy atom. The molecule has 5 aromatic rings. The number of furan rings is 1. The van der Waals surface area contributed by atoms with Gasteiger partial charge in [-0.25, -0.2) is 9.59 Å². The zero-order valence-electron chi connectivity index (χ0n) is 37.5. The number of carbonyl (C=O) groups excluding carboxylic acids is 5. The number of hydrogen-bond donors (Lipinski definition) is 4. The molecule has 4 N–H and O–H groups in total. The van der Waals surface area contributed by atoms with E-state index in [0.717, 1.165) is 15.8 Å². The van der Waals surface area contributed by atoms with Gasteiger partial charge in [-0.2, -0.15) is 0 Å². The van der Waals surface area contributed by atoms with Gasteiger partial charge in [-0.3, -0.25) is 24.1 Å². The number of fused-ring (bicyclic) bond motifs is 1. The van der Waals surface area contributed by atoms with Crippen molar-refractivity contribution in [2.24, 2.45) is 0 Å². The number of rotatable bonds is 11. The second kappa shape index (κ2) is 18.9. The van der Waals surface area contributed by atoms with E-state index in [1.165, 1.54) is 9.80 Å². The lowest BCUT2D eigenvalue weighted by Crippen LogP contribution is -2.54. The van der Waals surface area contributed by atoms with Crippen LogP contribution in [-0.2, 0) is 23.9 Å². The maximum absolute atomic E-state index is 14.3. The predicted molar refractivity (Wildman–Crippen MR) is 246 cm³/mol. The molecule has 340 valence electrons. The van der Waals surface area contributed by atoms with Crippen molar-refractivity contribution in [1.29, 1.82) is 0 Å². The van der Waals surface area contributed by atoms with Crippen LogP contribution < -0.4 is 16.0 Å². The van der Waals surface area contributed by atoms with Crippen LogP contribution in [0.3, 0.4) is 0 Å². The zero-order valence-corrected chi connectivity index (χ0v) is 37.5. The Morgan fingerprint density at radius 1 is 0.692 bits per heavy atom. The van der Waals surface area contributed by atoms with Crippen LogP contribution in [0.25, 0.3) is 22.3 Å². The molecular formula is C50H56N6O9. The summed E-state index contributed by atoms with van der Waals surface area (Å²) in [7, 11) is 0. The Morgan fingerprint density at radius 3 is 1.78 bits per heavy atom. The van der Waals surface area contributed by atoms with Crippen LogP contribution >= 0.6 is 0 Å². The quantitative estimate of drug-likeness (QED) is 0.100. The lowest BCUT2D eigenvalue weighted by Gasteiger charge is -2.41. The fraction of sp³-hybridized carbons (Fsp3) is 0.360. The van der Waals surface area contributed by atoms with Crippen LogP contribution in [0.5, 0.6) is 0 Å². The molecular weight excluding hydrogens is 829 g/mol. The van der Waals surface area contributed by atoms with Gasteiger partial charge in [0.25, 0.3) is 11.8 Å². The highest BCUT2D eigenvalue weighted by atomic mass is 16.6. The van der Waals surface area contributed by atoms with E-state index >= 15 is 0 Å². The number of amides is 6.